The van der Waals surface area contributed by atoms with Crippen LogP contribution in [0, 0.1) is 5.92 Å². The highest BCUT2D eigenvalue weighted by molar-refractivity contribution is 5.97. The maximum Gasteiger partial charge on any atom is 0.410 e. The van der Waals surface area contributed by atoms with Crippen molar-refractivity contribution in [1.29, 1.82) is 0 Å². The minimum absolute atomic E-state index is 0.103. The zero-order chi connectivity index (χ0) is 12.3. The van der Waals surface area contributed by atoms with Gasteiger partial charge in [-0.15, -0.1) is 0 Å². The number of hydrogen-bond acceptors (Lipinski definition) is 4. The molecule has 0 fully saturated rings. The third kappa shape index (κ3) is 19.9. The summed E-state index contributed by atoms with van der Waals surface area (Å²) in [4.78, 5) is 20.6. The Hall–Kier alpha value is -0.368. The summed E-state index contributed by atoms with van der Waals surface area (Å²) in [7, 11) is 0. The van der Waals surface area contributed by atoms with Gasteiger partial charge in [-0.25, -0.2) is 0 Å². The summed E-state index contributed by atoms with van der Waals surface area (Å²) in [5, 5.41) is 0. The Balaban J connectivity index is 0. The van der Waals surface area contributed by atoms with Crippen LogP contribution in [0.5, 0.6) is 0 Å². The second kappa shape index (κ2) is 11.7. The lowest BCUT2D eigenvalue weighted by atomic mass is 10.2. The van der Waals surface area contributed by atoms with Gasteiger partial charge < -0.3 is 8.53 Å². The van der Waals surface area contributed by atoms with Crippen LogP contribution in [0.1, 0.15) is 34.1 Å². The van der Waals surface area contributed by atoms with Gasteiger partial charge in [-0.1, -0.05) is 13.8 Å². The van der Waals surface area contributed by atoms with Crippen LogP contribution >= 0.6 is 0 Å². The molecule has 0 N–H and O–H groups in total. The molecule has 0 rings (SSSR count). The van der Waals surface area contributed by atoms with Gasteiger partial charge in [0.1, 0.15) is 12.2 Å². The van der Waals surface area contributed by atoms with E-state index in [1.54, 1.807) is 6.92 Å². The normalized spacial score (nSPS) is 9.13. The first-order valence-corrected chi connectivity index (χ1v) is 5.89. The third-order valence-corrected chi connectivity index (χ3v) is 1.53. The predicted octanol–water partition coefficient (Wildman–Crippen LogP) is 0.736. The molecule has 0 aromatic heterocycles. The quantitative estimate of drug-likeness (QED) is 0.398. The first kappa shape index (κ1) is 17.0. The van der Waals surface area contributed by atoms with Gasteiger partial charge in [-0.05, 0) is 19.8 Å². The molecular formula is C10H21AlO4. The lowest BCUT2D eigenvalue weighted by molar-refractivity contribution is -0.145. The van der Waals surface area contributed by atoms with E-state index in [2.05, 4.69) is 18.6 Å². The Morgan fingerprint density at radius 2 is 1.87 bits per heavy atom. The van der Waals surface area contributed by atoms with Crippen LogP contribution in [0.2, 0.25) is 0 Å². The fraction of sp³-hybridized carbons (Fsp3) is 0.800. The highest BCUT2D eigenvalue weighted by atomic mass is 27.1. The van der Waals surface area contributed by atoms with Crippen molar-refractivity contribution in [3.05, 3.63) is 0 Å². The molecular weight excluding hydrogens is 211 g/mol. The standard InChI is InChI=1S/C6H10O3.C4H9O.Al.2H/c1-3-9-6(8)4-5(2)7;1-4(2)3-5;;;/h3-4H2,1-2H3;4H,3H2,1-2H3;;;/q;-1;+1;;. The van der Waals surface area contributed by atoms with E-state index in [1.807, 2.05) is 0 Å². The lowest BCUT2D eigenvalue weighted by Gasteiger charge is -1.99. The summed E-state index contributed by atoms with van der Waals surface area (Å²) >= 11 is 0.887. The zero-order valence-electron chi connectivity index (χ0n) is 10.3. The minimum atomic E-state index is -0.440. The molecule has 0 aromatic carbocycles. The molecule has 0 saturated heterocycles. The highest BCUT2D eigenvalue weighted by Crippen LogP contribution is 1.87. The van der Waals surface area contributed by atoms with Crippen LogP contribution in [0.4, 0.5) is 0 Å². The molecule has 0 saturated carbocycles. The molecule has 0 unspecified atom stereocenters. The number of esters is 1. The maximum atomic E-state index is 10.4. The molecule has 0 heterocycles. The van der Waals surface area contributed by atoms with E-state index in [1.165, 1.54) is 6.92 Å². The molecule has 88 valence electrons. The van der Waals surface area contributed by atoms with E-state index < -0.39 is 5.97 Å². The highest BCUT2D eigenvalue weighted by Gasteiger charge is 2.03. The SMILES string of the molecule is CC(C)C[O][AlH2].CCOC(=O)CC(C)=O. The number of ether oxygens (including phenoxy) is 1. The van der Waals surface area contributed by atoms with E-state index in [9.17, 15) is 9.59 Å². The second-order valence-electron chi connectivity index (χ2n) is 3.53. The number of carbonyl (C=O) groups is 2. The number of rotatable bonds is 5. The smallest absolute Gasteiger partial charge is 0.410 e. The van der Waals surface area contributed by atoms with Crippen molar-refractivity contribution in [3.63, 3.8) is 0 Å². The fourth-order valence-corrected chi connectivity index (χ4v) is 1.42. The molecule has 0 amide bonds. The van der Waals surface area contributed by atoms with Crippen molar-refractivity contribution < 1.29 is 18.1 Å². The largest absolute Gasteiger partial charge is 0.506 e. The number of hydrogen-bond donors (Lipinski definition) is 0. The van der Waals surface area contributed by atoms with Gasteiger partial charge in [0.15, 0.2) is 0 Å². The van der Waals surface area contributed by atoms with E-state index in [4.69, 9.17) is 3.79 Å². The van der Waals surface area contributed by atoms with Crippen molar-refractivity contribution in [2.24, 2.45) is 5.92 Å². The molecule has 0 aliphatic heterocycles. The van der Waals surface area contributed by atoms with Crippen molar-refractivity contribution in [1.82, 2.24) is 0 Å². The Morgan fingerprint density at radius 1 is 1.33 bits per heavy atom. The van der Waals surface area contributed by atoms with E-state index in [0.29, 0.717) is 12.5 Å². The molecule has 4 nitrogen and oxygen atoms in total. The molecule has 0 spiro atoms. The van der Waals surface area contributed by atoms with Gasteiger partial charge in [-0.3, -0.25) is 9.59 Å². The van der Waals surface area contributed by atoms with Crippen LogP contribution in [0.25, 0.3) is 0 Å². The Kier molecular flexibility index (Phi) is 13.3. The summed E-state index contributed by atoms with van der Waals surface area (Å²) in [5.74, 6) is 0.112. The van der Waals surface area contributed by atoms with Crippen molar-refractivity contribution >= 4 is 28.4 Å². The van der Waals surface area contributed by atoms with Crippen LogP contribution < -0.4 is 0 Å². The summed E-state index contributed by atoms with van der Waals surface area (Å²) in [6, 6.07) is 0. The predicted molar refractivity (Wildman–Crippen MR) is 61.3 cm³/mol. The molecule has 0 radical (unpaired) electrons. The average Bonchev–Trinajstić information content (AvgIpc) is 2.03. The Morgan fingerprint density at radius 3 is 2.07 bits per heavy atom. The summed E-state index contributed by atoms with van der Waals surface area (Å²) in [6.45, 7) is 8.64. The monoisotopic (exact) mass is 232 g/mol. The molecule has 0 aromatic rings. The topological polar surface area (TPSA) is 52.6 Å². The van der Waals surface area contributed by atoms with E-state index in [0.717, 1.165) is 23.2 Å². The van der Waals surface area contributed by atoms with Gasteiger partial charge in [-0.2, -0.15) is 0 Å². The van der Waals surface area contributed by atoms with E-state index in [-0.39, 0.29) is 12.2 Å². The molecule has 15 heavy (non-hydrogen) atoms. The van der Waals surface area contributed by atoms with Gasteiger partial charge in [0.25, 0.3) is 0 Å². The fourth-order valence-electron chi connectivity index (χ4n) is 0.749. The average molecular weight is 232 g/mol. The first-order chi connectivity index (χ1) is 6.93. The molecule has 0 aliphatic carbocycles. The summed E-state index contributed by atoms with van der Waals surface area (Å²) < 4.78 is 9.44. The second-order valence-corrected chi connectivity index (χ2v) is 4.11. The Bertz CT molecular complexity index is 180. The van der Waals surface area contributed by atoms with Crippen LogP contribution in [0.15, 0.2) is 0 Å². The number of carbonyl (C=O) groups excluding carboxylic acids is 2. The molecule has 0 aliphatic rings. The van der Waals surface area contributed by atoms with Crippen LogP contribution in [0.3, 0.4) is 0 Å². The number of Topliss-reactive ketones (excluding diaryl/α,β-unsaturated/α-hetero) is 1. The molecule has 5 heteroatoms. The first-order valence-electron chi connectivity index (χ1n) is 5.08. The van der Waals surface area contributed by atoms with Crippen molar-refractivity contribution in [2.45, 2.75) is 34.1 Å². The number of ketones is 1. The van der Waals surface area contributed by atoms with Gasteiger partial charge in [0, 0.05) is 6.61 Å². The van der Waals surface area contributed by atoms with E-state index >= 15 is 0 Å². The van der Waals surface area contributed by atoms with Gasteiger partial charge >= 0.3 is 22.6 Å². The third-order valence-electron chi connectivity index (χ3n) is 1.20. The molecule has 0 bridgehead atoms. The van der Waals surface area contributed by atoms with Gasteiger partial charge in [0.05, 0.1) is 6.61 Å². The minimum Gasteiger partial charge on any atom is -0.506 e. The van der Waals surface area contributed by atoms with Crippen LogP contribution in [-0.2, 0) is 18.1 Å². The van der Waals surface area contributed by atoms with Crippen LogP contribution in [-0.4, -0.2) is 41.6 Å². The van der Waals surface area contributed by atoms with Crippen molar-refractivity contribution in [3.8, 4) is 0 Å². The van der Waals surface area contributed by atoms with Crippen molar-refractivity contribution in [2.75, 3.05) is 13.2 Å². The van der Waals surface area contributed by atoms with Gasteiger partial charge in [0.2, 0.25) is 0 Å². The Labute approximate surface area is 100 Å². The lowest BCUT2D eigenvalue weighted by Crippen LogP contribution is -2.07. The summed E-state index contributed by atoms with van der Waals surface area (Å²) in [6.07, 6.45) is -0.103. The summed E-state index contributed by atoms with van der Waals surface area (Å²) in [5.41, 5.74) is 0. The maximum absolute atomic E-state index is 10.4. The molecule has 0 atom stereocenters. The zero-order valence-corrected chi connectivity index (χ0v) is 12.3.